The topological polar surface area (TPSA) is 0 Å². The highest BCUT2D eigenvalue weighted by Crippen LogP contribution is 2.58. The van der Waals surface area contributed by atoms with Gasteiger partial charge < -0.3 is 0 Å². The SMILES string of the molecule is CC(C)C1CC2(C[B]C2)C1. The van der Waals surface area contributed by atoms with Gasteiger partial charge in [0.1, 0.15) is 7.28 Å². The molecule has 0 aromatic heterocycles. The Balaban J connectivity index is 1.82. The first-order valence-corrected chi connectivity index (χ1v) is 4.54. The molecule has 0 N–H and O–H groups in total. The van der Waals surface area contributed by atoms with Gasteiger partial charge in [0.25, 0.3) is 0 Å². The average Bonchev–Trinajstić information content (AvgIpc) is 1.54. The van der Waals surface area contributed by atoms with Crippen LogP contribution in [0.5, 0.6) is 0 Å². The lowest BCUT2D eigenvalue weighted by Gasteiger charge is -2.55. The summed E-state index contributed by atoms with van der Waals surface area (Å²) in [5.74, 6) is 2.00. The molecule has 1 aliphatic heterocycles. The van der Waals surface area contributed by atoms with Gasteiger partial charge in [-0.05, 0) is 30.1 Å². The predicted molar refractivity (Wildman–Crippen MR) is 45.4 cm³/mol. The van der Waals surface area contributed by atoms with Gasteiger partial charge >= 0.3 is 0 Å². The molecule has 1 aliphatic carbocycles. The van der Waals surface area contributed by atoms with Crippen molar-refractivity contribution in [3.63, 3.8) is 0 Å². The van der Waals surface area contributed by atoms with Crippen LogP contribution in [0.25, 0.3) is 0 Å². The van der Waals surface area contributed by atoms with E-state index in [2.05, 4.69) is 21.1 Å². The fourth-order valence-corrected chi connectivity index (χ4v) is 2.41. The summed E-state index contributed by atoms with van der Waals surface area (Å²) in [5.41, 5.74) is 0.842. The molecule has 0 unspecified atom stereocenters. The molecule has 2 aliphatic rings. The van der Waals surface area contributed by atoms with Gasteiger partial charge in [0.05, 0.1) is 0 Å². The summed E-state index contributed by atoms with van der Waals surface area (Å²) >= 11 is 0. The van der Waals surface area contributed by atoms with E-state index in [-0.39, 0.29) is 0 Å². The van der Waals surface area contributed by atoms with Gasteiger partial charge in [0.15, 0.2) is 0 Å². The Hall–Kier alpha value is 0.0649. The summed E-state index contributed by atoms with van der Waals surface area (Å²) in [6.07, 6.45) is 5.91. The lowest BCUT2D eigenvalue weighted by atomic mass is 9.34. The first-order valence-electron chi connectivity index (χ1n) is 4.54. The van der Waals surface area contributed by atoms with E-state index in [1.807, 2.05) is 0 Å². The van der Waals surface area contributed by atoms with Crippen molar-refractivity contribution in [1.29, 1.82) is 0 Å². The van der Waals surface area contributed by atoms with Crippen molar-refractivity contribution in [3.05, 3.63) is 0 Å². The zero-order valence-electron chi connectivity index (χ0n) is 7.06. The Labute approximate surface area is 64.6 Å². The van der Waals surface area contributed by atoms with Crippen molar-refractivity contribution in [3.8, 4) is 0 Å². The van der Waals surface area contributed by atoms with Gasteiger partial charge in [-0.2, -0.15) is 0 Å². The van der Waals surface area contributed by atoms with E-state index in [0.29, 0.717) is 0 Å². The van der Waals surface area contributed by atoms with Crippen LogP contribution in [0.15, 0.2) is 0 Å². The van der Waals surface area contributed by atoms with Gasteiger partial charge in [0, 0.05) is 0 Å². The fraction of sp³-hybridized carbons (Fsp3) is 1.00. The van der Waals surface area contributed by atoms with E-state index in [1.165, 1.54) is 25.5 Å². The van der Waals surface area contributed by atoms with Gasteiger partial charge in [-0.25, -0.2) is 0 Å². The summed E-state index contributed by atoms with van der Waals surface area (Å²) in [6.45, 7) is 4.72. The lowest BCUT2D eigenvalue weighted by molar-refractivity contribution is 0.0462. The van der Waals surface area contributed by atoms with Crippen LogP contribution in [-0.4, -0.2) is 7.28 Å². The Morgan fingerprint density at radius 3 is 2.20 bits per heavy atom. The van der Waals surface area contributed by atoms with Gasteiger partial charge in [-0.1, -0.05) is 26.5 Å². The quantitative estimate of drug-likeness (QED) is 0.484. The van der Waals surface area contributed by atoms with Crippen molar-refractivity contribution in [2.24, 2.45) is 17.3 Å². The first kappa shape index (κ1) is 6.76. The largest absolute Gasteiger partial charge is 0.110 e. The summed E-state index contributed by atoms with van der Waals surface area (Å²) in [6, 6.07) is 0. The zero-order valence-corrected chi connectivity index (χ0v) is 7.06. The van der Waals surface area contributed by atoms with E-state index in [4.69, 9.17) is 0 Å². The van der Waals surface area contributed by atoms with Crippen LogP contribution >= 0.6 is 0 Å². The van der Waals surface area contributed by atoms with Crippen LogP contribution in [-0.2, 0) is 0 Å². The van der Waals surface area contributed by atoms with E-state index >= 15 is 0 Å². The van der Waals surface area contributed by atoms with Crippen molar-refractivity contribution < 1.29 is 0 Å². The van der Waals surface area contributed by atoms with Gasteiger partial charge in [0.2, 0.25) is 0 Å². The molecular weight excluding hydrogens is 119 g/mol. The standard InChI is InChI=1S/C9H16B/c1-7(2)8-3-9(4-8)5-10-6-9/h7-8H,3-6H2,1-2H3. The van der Waals surface area contributed by atoms with E-state index < -0.39 is 0 Å². The molecular formula is C9H16B. The Morgan fingerprint density at radius 1 is 1.30 bits per heavy atom. The Bertz CT molecular complexity index is 128. The van der Waals surface area contributed by atoms with E-state index in [0.717, 1.165) is 17.3 Å². The molecule has 0 amide bonds. The third kappa shape index (κ3) is 0.827. The minimum atomic E-state index is 0.842. The van der Waals surface area contributed by atoms with Crippen molar-refractivity contribution in [2.45, 2.75) is 39.3 Å². The number of hydrogen-bond donors (Lipinski definition) is 0. The minimum Gasteiger partial charge on any atom is -0.0754 e. The highest BCUT2D eigenvalue weighted by atomic mass is 14.5. The van der Waals surface area contributed by atoms with Crippen LogP contribution in [0, 0.1) is 17.3 Å². The van der Waals surface area contributed by atoms with Crippen LogP contribution in [0.1, 0.15) is 26.7 Å². The zero-order chi connectivity index (χ0) is 7.19. The highest BCUT2D eigenvalue weighted by Gasteiger charge is 2.48. The molecule has 2 fully saturated rings. The second kappa shape index (κ2) is 2.02. The Kier molecular flexibility index (Phi) is 1.37. The Morgan fingerprint density at radius 2 is 1.90 bits per heavy atom. The third-order valence-corrected chi connectivity index (χ3v) is 3.49. The van der Waals surface area contributed by atoms with Crippen molar-refractivity contribution in [1.82, 2.24) is 0 Å². The normalized spacial score (nSPS) is 29.5. The maximum absolute atomic E-state index is 2.44. The van der Waals surface area contributed by atoms with Crippen LogP contribution < -0.4 is 0 Å². The molecule has 1 spiro atoms. The molecule has 1 radical (unpaired) electrons. The molecule has 1 heteroatoms. The summed E-state index contributed by atoms with van der Waals surface area (Å²) in [4.78, 5) is 0. The number of hydrogen-bond acceptors (Lipinski definition) is 0. The van der Waals surface area contributed by atoms with E-state index in [9.17, 15) is 0 Å². The summed E-state index contributed by atoms with van der Waals surface area (Å²) in [7, 11) is 2.44. The second-order valence-corrected chi connectivity index (χ2v) is 4.61. The molecule has 0 nitrogen and oxygen atoms in total. The molecule has 0 atom stereocenters. The fourth-order valence-electron chi connectivity index (χ4n) is 2.41. The molecule has 0 bridgehead atoms. The van der Waals surface area contributed by atoms with Gasteiger partial charge in [-0.15, -0.1) is 0 Å². The van der Waals surface area contributed by atoms with Crippen LogP contribution in [0.4, 0.5) is 0 Å². The maximum Gasteiger partial charge on any atom is 0.110 e. The molecule has 2 rings (SSSR count). The second-order valence-electron chi connectivity index (χ2n) is 4.61. The molecule has 10 heavy (non-hydrogen) atoms. The van der Waals surface area contributed by atoms with Crippen molar-refractivity contribution >= 4 is 7.28 Å². The average molecular weight is 135 g/mol. The minimum absolute atomic E-state index is 0.842. The highest BCUT2D eigenvalue weighted by molar-refractivity contribution is 6.40. The van der Waals surface area contributed by atoms with Crippen LogP contribution in [0.3, 0.4) is 0 Å². The molecule has 55 valence electrons. The third-order valence-electron chi connectivity index (χ3n) is 3.49. The summed E-state index contributed by atoms with van der Waals surface area (Å²) in [5, 5.41) is 0. The summed E-state index contributed by atoms with van der Waals surface area (Å²) < 4.78 is 0. The van der Waals surface area contributed by atoms with Crippen LogP contribution in [0.2, 0.25) is 12.6 Å². The molecule has 1 heterocycles. The molecule has 0 aromatic rings. The first-order chi connectivity index (χ1) is 4.72. The molecule has 0 aromatic carbocycles. The lowest BCUT2D eigenvalue weighted by Crippen LogP contribution is -2.46. The smallest absolute Gasteiger partial charge is 0.0754 e. The maximum atomic E-state index is 2.44. The number of rotatable bonds is 1. The van der Waals surface area contributed by atoms with E-state index in [1.54, 1.807) is 0 Å². The van der Waals surface area contributed by atoms with Crippen molar-refractivity contribution in [2.75, 3.05) is 0 Å². The molecule has 1 saturated carbocycles. The molecule has 1 saturated heterocycles. The monoisotopic (exact) mass is 135 g/mol. The van der Waals surface area contributed by atoms with Gasteiger partial charge in [-0.3, -0.25) is 0 Å². The predicted octanol–water partition coefficient (Wildman–Crippen LogP) is 2.59.